The summed E-state index contributed by atoms with van der Waals surface area (Å²) in [6.07, 6.45) is 0.211. The molecule has 0 aliphatic heterocycles. The summed E-state index contributed by atoms with van der Waals surface area (Å²) in [5, 5.41) is 9.27. The van der Waals surface area contributed by atoms with Crippen LogP contribution in [0.2, 0.25) is 0 Å². The first-order valence-corrected chi connectivity index (χ1v) is 6.31. The zero-order valence-corrected chi connectivity index (χ0v) is 11.4. The predicted octanol–water partition coefficient (Wildman–Crippen LogP) is 2.62. The molecule has 2 aromatic rings. The molecule has 2 rings (SSSR count). The minimum atomic E-state index is -0.900. The van der Waals surface area contributed by atoms with Crippen molar-refractivity contribution in [1.82, 2.24) is 4.98 Å². The van der Waals surface area contributed by atoms with Crippen LogP contribution in [0.15, 0.2) is 27.5 Å². The van der Waals surface area contributed by atoms with Crippen molar-refractivity contribution >= 4 is 32.8 Å². The third-order valence-electron chi connectivity index (χ3n) is 2.89. The molecule has 1 aromatic heterocycles. The van der Waals surface area contributed by atoms with Crippen molar-refractivity contribution in [2.45, 2.75) is 19.8 Å². The molecule has 0 saturated carbocycles. The van der Waals surface area contributed by atoms with E-state index in [9.17, 15) is 9.59 Å². The Morgan fingerprint density at radius 3 is 2.83 bits per heavy atom. The smallest absolute Gasteiger partial charge is 0.303 e. The van der Waals surface area contributed by atoms with Gasteiger partial charge < -0.3 is 10.1 Å². The second-order valence-electron chi connectivity index (χ2n) is 4.11. The quantitative estimate of drug-likeness (QED) is 0.915. The van der Waals surface area contributed by atoms with Gasteiger partial charge in [-0.1, -0.05) is 6.07 Å². The number of benzene rings is 1. The minimum Gasteiger partial charge on any atom is -0.481 e. The van der Waals surface area contributed by atoms with Gasteiger partial charge in [0, 0.05) is 27.5 Å². The van der Waals surface area contributed by atoms with Crippen LogP contribution in [0, 0.1) is 6.92 Å². The van der Waals surface area contributed by atoms with Crippen molar-refractivity contribution < 1.29 is 9.90 Å². The van der Waals surface area contributed by atoms with E-state index in [1.54, 1.807) is 19.1 Å². The third-order valence-corrected chi connectivity index (χ3v) is 3.55. The van der Waals surface area contributed by atoms with Crippen LogP contribution in [-0.4, -0.2) is 16.1 Å². The first kappa shape index (κ1) is 12.8. The summed E-state index contributed by atoms with van der Waals surface area (Å²) in [6, 6.07) is 5.38. The number of carboxylic acid groups (broad SMARTS) is 1. The van der Waals surface area contributed by atoms with E-state index < -0.39 is 5.97 Å². The standard InChI is InChI=1S/C13H12BrNO3/c1-7-8(5-6-11(16)17)13(18)9-3-2-4-10(14)12(9)15-7/h2-4H,5-6H2,1H3,(H,15,18)(H,16,17). The summed E-state index contributed by atoms with van der Waals surface area (Å²) in [5.41, 5.74) is 1.92. The third kappa shape index (κ3) is 2.31. The fourth-order valence-electron chi connectivity index (χ4n) is 1.97. The van der Waals surface area contributed by atoms with E-state index in [1.807, 2.05) is 6.07 Å². The van der Waals surface area contributed by atoms with Crippen LogP contribution < -0.4 is 5.43 Å². The van der Waals surface area contributed by atoms with Crippen LogP contribution >= 0.6 is 15.9 Å². The Morgan fingerprint density at radius 1 is 1.44 bits per heavy atom. The van der Waals surface area contributed by atoms with E-state index in [0.29, 0.717) is 10.9 Å². The summed E-state index contributed by atoms with van der Waals surface area (Å²) >= 11 is 3.39. The first-order valence-electron chi connectivity index (χ1n) is 5.52. The molecule has 0 saturated heterocycles. The van der Waals surface area contributed by atoms with Gasteiger partial charge in [-0.15, -0.1) is 0 Å². The van der Waals surface area contributed by atoms with Gasteiger partial charge in [-0.05, 0) is 41.4 Å². The van der Waals surface area contributed by atoms with Gasteiger partial charge in [-0.3, -0.25) is 9.59 Å². The maximum Gasteiger partial charge on any atom is 0.303 e. The minimum absolute atomic E-state index is 0.0383. The molecule has 1 aromatic carbocycles. The highest BCUT2D eigenvalue weighted by Gasteiger charge is 2.11. The fraction of sp³-hybridized carbons (Fsp3) is 0.231. The number of aliphatic carboxylic acids is 1. The van der Waals surface area contributed by atoms with Crippen LogP contribution in [0.5, 0.6) is 0 Å². The normalized spacial score (nSPS) is 10.8. The lowest BCUT2D eigenvalue weighted by atomic mass is 10.0. The molecular formula is C13H12BrNO3. The number of carboxylic acids is 1. The number of rotatable bonds is 3. The number of nitrogens with one attached hydrogen (secondary N) is 1. The number of aromatic amines is 1. The zero-order valence-electron chi connectivity index (χ0n) is 9.79. The van der Waals surface area contributed by atoms with Gasteiger partial charge in [0.2, 0.25) is 0 Å². The molecule has 1 heterocycles. The topological polar surface area (TPSA) is 70.2 Å². The van der Waals surface area contributed by atoms with Crippen LogP contribution in [-0.2, 0) is 11.2 Å². The van der Waals surface area contributed by atoms with Crippen LogP contribution in [0.1, 0.15) is 17.7 Å². The highest BCUT2D eigenvalue weighted by atomic mass is 79.9. The number of halogens is 1. The summed E-state index contributed by atoms with van der Waals surface area (Å²) in [7, 11) is 0. The van der Waals surface area contributed by atoms with Crippen molar-refractivity contribution in [3.63, 3.8) is 0 Å². The second-order valence-corrected chi connectivity index (χ2v) is 4.97. The molecule has 0 spiro atoms. The number of aromatic nitrogens is 1. The maximum atomic E-state index is 12.3. The fourth-order valence-corrected chi connectivity index (χ4v) is 2.43. The number of pyridine rings is 1. The summed E-state index contributed by atoms with van der Waals surface area (Å²) in [6.45, 7) is 1.79. The van der Waals surface area contributed by atoms with E-state index in [2.05, 4.69) is 20.9 Å². The van der Waals surface area contributed by atoms with Gasteiger partial charge in [-0.2, -0.15) is 0 Å². The Kier molecular flexibility index (Phi) is 3.52. The van der Waals surface area contributed by atoms with Crippen LogP contribution in [0.4, 0.5) is 0 Å². The van der Waals surface area contributed by atoms with Gasteiger partial charge in [0.25, 0.3) is 0 Å². The highest BCUT2D eigenvalue weighted by molar-refractivity contribution is 9.10. The number of fused-ring (bicyclic) bond motifs is 1. The Bertz CT molecular complexity index is 676. The van der Waals surface area contributed by atoms with Crippen molar-refractivity contribution in [3.8, 4) is 0 Å². The van der Waals surface area contributed by atoms with E-state index in [1.165, 1.54) is 0 Å². The monoisotopic (exact) mass is 309 g/mol. The highest BCUT2D eigenvalue weighted by Crippen LogP contribution is 2.21. The average molecular weight is 310 g/mol. The number of aryl methyl sites for hydroxylation is 1. The van der Waals surface area contributed by atoms with Crippen molar-refractivity contribution in [2.24, 2.45) is 0 Å². The Labute approximate surface area is 112 Å². The van der Waals surface area contributed by atoms with Gasteiger partial charge in [-0.25, -0.2) is 0 Å². The summed E-state index contributed by atoms with van der Waals surface area (Å²) in [5.74, 6) is -0.900. The maximum absolute atomic E-state index is 12.3. The molecule has 0 atom stereocenters. The second kappa shape index (κ2) is 4.94. The molecule has 4 nitrogen and oxygen atoms in total. The average Bonchev–Trinajstić information content (AvgIpc) is 2.30. The molecule has 0 aliphatic carbocycles. The Hall–Kier alpha value is -1.62. The van der Waals surface area contributed by atoms with E-state index in [-0.39, 0.29) is 18.3 Å². The first-order chi connectivity index (χ1) is 8.50. The Balaban J connectivity index is 2.62. The number of H-pyrrole nitrogens is 1. The molecule has 94 valence electrons. The molecule has 5 heteroatoms. The predicted molar refractivity (Wildman–Crippen MR) is 73.0 cm³/mol. The van der Waals surface area contributed by atoms with Gasteiger partial charge in [0.15, 0.2) is 5.43 Å². The van der Waals surface area contributed by atoms with Gasteiger partial charge in [0.1, 0.15) is 0 Å². The molecule has 0 unspecified atom stereocenters. The molecule has 2 N–H and O–H groups in total. The lowest BCUT2D eigenvalue weighted by Gasteiger charge is -2.08. The molecule has 0 bridgehead atoms. The van der Waals surface area contributed by atoms with Gasteiger partial charge in [0.05, 0.1) is 5.52 Å². The Morgan fingerprint density at radius 2 is 2.17 bits per heavy atom. The van der Waals surface area contributed by atoms with Gasteiger partial charge >= 0.3 is 5.97 Å². The molecule has 0 aliphatic rings. The van der Waals surface area contributed by atoms with E-state index >= 15 is 0 Å². The molecule has 0 fully saturated rings. The van der Waals surface area contributed by atoms with Crippen molar-refractivity contribution in [2.75, 3.05) is 0 Å². The zero-order chi connectivity index (χ0) is 13.3. The SMILES string of the molecule is Cc1[nH]c2c(Br)cccc2c(=O)c1CCC(=O)O. The molecule has 0 radical (unpaired) electrons. The van der Waals surface area contributed by atoms with Crippen molar-refractivity contribution in [3.05, 3.63) is 44.2 Å². The largest absolute Gasteiger partial charge is 0.481 e. The van der Waals surface area contributed by atoms with E-state index in [0.717, 1.165) is 15.7 Å². The van der Waals surface area contributed by atoms with Crippen LogP contribution in [0.25, 0.3) is 10.9 Å². The number of hydrogen-bond acceptors (Lipinski definition) is 2. The van der Waals surface area contributed by atoms with Crippen molar-refractivity contribution in [1.29, 1.82) is 0 Å². The lowest BCUT2D eigenvalue weighted by molar-refractivity contribution is -0.136. The lowest BCUT2D eigenvalue weighted by Crippen LogP contribution is -2.15. The number of carbonyl (C=O) groups is 1. The number of hydrogen-bond donors (Lipinski definition) is 2. The molecule has 0 amide bonds. The van der Waals surface area contributed by atoms with E-state index in [4.69, 9.17) is 5.11 Å². The summed E-state index contributed by atoms with van der Waals surface area (Å²) in [4.78, 5) is 26.0. The molecular weight excluding hydrogens is 298 g/mol. The summed E-state index contributed by atoms with van der Waals surface area (Å²) < 4.78 is 0.824. The number of para-hydroxylation sites is 1. The van der Waals surface area contributed by atoms with Crippen LogP contribution in [0.3, 0.4) is 0 Å². The molecule has 18 heavy (non-hydrogen) atoms.